The van der Waals surface area contributed by atoms with Gasteiger partial charge in [0.25, 0.3) is 5.91 Å². The van der Waals surface area contributed by atoms with E-state index in [0.717, 1.165) is 0 Å². The molecule has 1 aromatic carbocycles. The van der Waals surface area contributed by atoms with Gasteiger partial charge in [0.2, 0.25) is 0 Å². The van der Waals surface area contributed by atoms with E-state index in [2.05, 4.69) is 5.32 Å². The number of amides is 1. The molecule has 2 rings (SSSR count). The molecule has 6 nitrogen and oxygen atoms in total. The number of rotatable bonds is 3. The third kappa shape index (κ3) is 2.57. The second-order valence-corrected chi connectivity index (χ2v) is 4.00. The van der Waals surface area contributed by atoms with Crippen LogP contribution in [0.1, 0.15) is 26.5 Å². The highest BCUT2D eigenvalue weighted by Gasteiger charge is 2.17. The second-order valence-electron chi connectivity index (χ2n) is 4.00. The van der Waals surface area contributed by atoms with Crippen molar-refractivity contribution in [2.24, 2.45) is 0 Å². The van der Waals surface area contributed by atoms with Gasteiger partial charge in [0.1, 0.15) is 0 Å². The molecule has 1 heterocycles. The SMILES string of the molecule is Cc1ccoc1C(=O)Nc1ccc(N)cc1C(=O)O. The molecule has 0 spiro atoms. The lowest BCUT2D eigenvalue weighted by atomic mass is 10.1. The van der Waals surface area contributed by atoms with Gasteiger partial charge >= 0.3 is 5.97 Å². The van der Waals surface area contributed by atoms with E-state index in [1.54, 1.807) is 13.0 Å². The highest BCUT2D eigenvalue weighted by molar-refractivity contribution is 6.07. The first-order valence-corrected chi connectivity index (χ1v) is 5.47. The first-order chi connectivity index (χ1) is 8.99. The summed E-state index contributed by atoms with van der Waals surface area (Å²) in [7, 11) is 0. The van der Waals surface area contributed by atoms with Gasteiger partial charge in [0, 0.05) is 11.3 Å². The summed E-state index contributed by atoms with van der Waals surface area (Å²) in [6, 6.07) is 5.88. The number of aryl methyl sites for hydroxylation is 1. The molecule has 19 heavy (non-hydrogen) atoms. The van der Waals surface area contributed by atoms with E-state index < -0.39 is 11.9 Å². The fourth-order valence-electron chi connectivity index (χ4n) is 1.63. The number of nitrogens with two attached hydrogens (primary N) is 1. The molecule has 0 unspecified atom stereocenters. The first-order valence-electron chi connectivity index (χ1n) is 5.47. The molecule has 0 bridgehead atoms. The van der Waals surface area contributed by atoms with Crippen molar-refractivity contribution < 1.29 is 19.1 Å². The number of carboxylic acids is 1. The van der Waals surface area contributed by atoms with E-state index in [-0.39, 0.29) is 17.0 Å². The van der Waals surface area contributed by atoms with Crippen LogP contribution in [0.3, 0.4) is 0 Å². The third-order valence-corrected chi connectivity index (χ3v) is 2.59. The van der Waals surface area contributed by atoms with Gasteiger partial charge in [0.15, 0.2) is 5.76 Å². The van der Waals surface area contributed by atoms with Gasteiger partial charge in [-0.3, -0.25) is 4.79 Å². The number of carbonyl (C=O) groups excluding carboxylic acids is 1. The lowest BCUT2D eigenvalue weighted by Gasteiger charge is -2.08. The molecule has 1 amide bonds. The zero-order valence-electron chi connectivity index (χ0n) is 10.1. The summed E-state index contributed by atoms with van der Waals surface area (Å²) < 4.78 is 5.04. The van der Waals surface area contributed by atoms with Crippen molar-refractivity contribution >= 4 is 23.3 Å². The molecular weight excluding hydrogens is 248 g/mol. The molecule has 2 aromatic rings. The summed E-state index contributed by atoms with van der Waals surface area (Å²) in [4.78, 5) is 23.0. The normalized spacial score (nSPS) is 10.2. The minimum absolute atomic E-state index is 0.0717. The molecule has 0 aliphatic carbocycles. The van der Waals surface area contributed by atoms with E-state index >= 15 is 0 Å². The van der Waals surface area contributed by atoms with Crippen molar-refractivity contribution in [3.8, 4) is 0 Å². The molecule has 0 saturated carbocycles. The quantitative estimate of drug-likeness (QED) is 0.733. The third-order valence-electron chi connectivity index (χ3n) is 2.59. The Labute approximate surface area is 108 Å². The Kier molecular flexibility index (Phi) is 3.24. The summed E-state index contributed by atoms with van der Waals surface area (Å²) in [6.07, 6.45) is 1.39. The van der Waals surface area contributed by atoms with E-state index in [0.29, 0.717) is 11.3 Å². The van der Waals surface area contributed by atoms with Crippen molar-refractivity contribution in [1.82, 2.24) is 0 Å². The van der Waals surface area contributed by atoms with Gasteiger partial charge in [-0.05, 0) is 31.2 Å². The van der Waals surface area contributed by atoms with Crippen LogP contribution in [0, 0.1) is 6.92 Å². The number of hydrogen-bond acceptors (Lipinski definition) is 4. The Hall–Kier alpha value is -2.76. The Morgan fingerprint density at radius 3 is 2.63 bits per heavy atom. The fraction of sp³-hybridized carbons (Fsp3) is 0.0769. The number of hydrogen-bond donors (Lipinski definition) is 3. The summed E-state index contributed by atoms with van der Waals surface area (Å²) in [5.74, 6) is -1.53. The Morgan fingerprint density at radius 2 is 2.05 bits per heavy atom. The number of nitrogen functional groups attached to an aromatic ring is 1. The number of anilines is 2. The van der Waals surface area contributed by atoms with Gasteiger partial charge in [-0.1, -0.05) is 0 Å². The summed E-state index contributed by atoms with van der Waals surface area (Å²) in [5, 5.41) is 11.6. The van der Waals surface area contributed by atoms with Crippen molar-refractivity contribution in [1.29, 1.82) is 0 Å². The molecule has 0 fully saturated rings. The predicted molar refractivity (Wildman–Crippen MR) is 69.2 cm³/mol. The Morgan fingerprint density at radius 1 is 1.32 bits per heavy atom. The van der Waals surface area contributed by atoms with E-state index in [1.165, 1.54) is 24.5 Å². The van der Waals surface area contributed by atoms with Gasteiger partial charge in [0.05, 0.1) is 17.5 Å². The van der Waals surface area contributed by atoms with Gasteiger partial charge in [-0.2, -0.15) is 0 Å². The molecule has 0 saturated heterocycles. The lowest BCUT2D eigenvalue weighted by Crippen LogP contribution is -2.15. The van der Waals surface area contributed by atoms with Crippen molar-refractivity contribution in [3.05, 3.63) is 47.4 Å². The molecule has 4 N–H and O–H groups in total. The molecule has 6 heteroatoms. The lowest BCUT2D eigenvalue weighted by molar-refractivity contribution is 0.0698. The summed E-state index contributed by atoms with van der Waals surface area (Å²) in [6.45, 7) is 1.72. The molecule has 0 atom stereocenters. The highest BCUT2D eigenvalue weighted by Crippen LogP contribution is 2.20. The average Bonchev–Trinajstić information content (AvgIpc) is 2.77. The predicted octanol–water partition coefficient (Wildman–Crippen LogP) is 2.12. The number of benzene rings is 1. The second kappa shape index (κ2) is 4.85. The molecule has 0 aliphatic heterocycles. The molecule has 0 radical (unpaired) electrons. The topological polar surface area (TPSA) is 106 Å². The zero-order valence-corrected chi connectivity index (χ0v) is 10.1. The first kappa shape index (κ1) is 12.7. The number of carbonyl (C=O) groups is 2. The van der Waals surface area contributed by atoms with Crippen molar-refractivity contribution in [2.75, 3.05) is 11.1 Å². The molecule has 98 valence electrons. The van der Waals surface area contributed by atoms with Crippen LogP contribution >= 0.6 is 0 Å². The molecular formula is C13H12N2O4. The van der Waals surface area contributed by atoms with Gasteiger partial charge < -0.3 is 20.6 Å². The standard InChI is InChI=1S/C13H12N2O4/c1-7-4-5-19-11(7)12(16)15-10-3-2-8(14)6-9(10)13(17)18/h2-6H,14H2,1H3,(H,15,16)(H,17,18). The van der Waals surface area contributed by atoms with Crippen molar-refractivity contribution in [3.63, 3.8) is 0 Å². The van der Waals surface area contributed by atoms with E-state index in [1.807, 2.05) is 0 Å². The van der Waals surface area contributed by atoms with Crippen LogP contribution in [0.5, 0.6) is 0 Å². The number of furan rings is 1. The van der Waals surface area contributed by atoms with Crippen LogP contribution in [0.15, 0.2) is 34.9 Å². The Balaban J connectivity index is 2.32. The monoisotopic (exact) mass is 260 g/mol. The van der Waals surface area contributed by atoms with Crippen LogP contribution in [-0.2, 0) is 0 Å². The van der Waals surface area contributed by atoms with Gasteiger partial charge in [-0.25, -0.2) is 4.79 Å². The van der Waals surface area contributed by atoms with Crippen LogP contribution in [0.25, 0.3) is 0 Å². The largest absolute Gasteiger partial charge is 0.478 e. The smallest absolute Gasteiger partial charge is 0.337 e. The van der Waals surface area contributed by atoms with Crippen LogP contribution in [0.2, 0.25) is 0 Å². The van der Waals surface area contributed by atoms with E-state index in [9.17, 15) is 9.59 Å². The fourth-order valence-corrected chi connectivity index (χ4v) is 1.63. The minimum atomic E-state index is -1.17. The van der Waals surface area contributed by atoms with Gasteiger partial charge in [-0.15, -0.1) is 0 Å². The zero-order chi connectivity index (χ0) is 14.0. The summed E-state index contributed by atoms with van der Waals surface area (Å²) in [5.41, 5.74) is 6.60. The maximum atomic E-state index is 11.9. The summed E-state index contributed by atoms with van der Waals surface area (Å²) >= 11 is 0. The maximum absolute atomic E-state index is 11.9. The number of aromatic carboxylic acids is 1. The van der Waals surface area contributed by atoms with E-state index in [4.69, 9.17) is 15.3 Å². The molecule has 0 aliphatic rings. The van der Waals surface area contributed by atoms with Crippen molar-refractivity contribution in [2.45, 2.75) is 6.92 Å². The number of carboxylic acid groups (broad SMARTS) is 1. The van der Waals surface area contributed by atoms with Crippen LogP contribution in [-0.4, -0.2) is 17.0 Å². The van der Waals surface area contributed by atoms with Crippen LogP contribution < -0.4 is 11.1 Å². The minimum Gasteiger partial charge on any atom is -0.478 e. The highest BCUT2D eigenvalue weighted by atomic mass is 16.4. The maximum Gasteiger partial charge on any atom is 0.337 e. The van der Waals surface area contributed by atoms with Crippen LogP contribution in [0.4, 0.5) is 11.4 Å². The Bertz CT molecular complexity index is 646. The average molecular weight is 260 g/mol. The number of nitrogens with one attached hydrogen (secondary N) is 1. The molecule has 1 aromatic heterocycles.